The molecule has 5 nitrogen and oxygen atoms in total. The number of aryl methyl sites for hydroxylation is 2. The van der Waals surface area contributed by atoms with Gasteiger partial charge in [0.05, 0.1) is 24.8 Å². The lowest BCUT2D eigenvalue weighted by Gasteiger charge is -2.10. The SMILES string of the molecule is COc1ccc(-c2sc(-c3ccccn3)cc2CSc2nc(C)cc(C)n2)cc1OC. The molecule has 0 aliphatic carbocycles. The largest absolute Gasteiger partial charge is 0.493 e. The number of thiophene rings is 1. The van der Waals surface area contributed by atoms with Crippen LogP contribution in [-0.2, 0) is 5.75 Å². The van der Waals surface area contributed by atoms with Crippen molar-refractivity contribution in [2.24, 2.45) is 0 Å². The van der Waals surface area contributed by atoms with E-state index in [0.29, 0.717) is 11.5 Å². The van der Waals surface area contributed by atoms with Crippen LogP contribution in [0.5, 0.6) is 11.5 Å². The van der Waals surface area contributed by atoms with E-state index in [1.807, 2.05) is 56.4 Å². The number of ether oxygens (including phenoxy) is 2. The lowest BCUT2D eigenvalue weighted by molar-refractivity contribution is 0.355. The van der Waals surface area contributed by atoms with Gasteiger partial charge in [0.2, 0.25) is 0 Å². The highest BCUT2D eigenvalue weighted by Crippen LogP contribution is 2.42. The van der Waals surface area contributed by atoms with E-state index in [0.717, 1.165) is 38.4 Å². The maximum absolute atomic E-state index is 5.53. The second-order valence-electron chi connectivity index (χ2n) is 6.97. The van der Waals surface area contributed by atoms with Crippen LogP contribution in [0.3, 0.4) is 0 Å². The second kappa shape index (κ2) is 9.49. The molecule has 0 saturated carbocycles. The number of nitrogens with zero attached hydrogens (tertiary/aromatic N) is 3. The molecule has 0 amide bonds. The number of thioether (sulfide) groups is 1. The van der Waals surface area contributed by atoms with Crippen molar-refractivity contribution >= 4 is 23.1 Å². The summed E-state index contributed by atoms with van der Waals surface area (Å²) in [7, 11) is 3.30. The predicted molar refractivity (Wildman–Crippen MR) is 127 cm³/mol. The van der Waals surface area contributed by atoms with Crippen LogP contribution in [0.4, 0.5) is 0 Å². The first-order valence-electron chi connectivity index (χ1n) is 9.79. The summed E-state index contributed by atoms with van der Waals surface area (Å²) in [6.07, 6.45) is 1.82. The molecule has 0 fully saturated rings. The van der Waals surface area contributed by atoms with Gasteiger partial charge < -0.3 is 9.47 Å². The number of hydrogen-bond donors (Lipinski definition) is 0. The monoisotopic (exact) mass is 449 g/mol. The summed E-state index contributed by atoms with van der Waals surface area (Å²) in [5, 5.41) is 0.793. The summed E-state index contributed by atoms with van der Waals surface area (Å²) in [6, 6.07) is 16.2. The lowest BCUT2D eigenvalue weighted by atomic mass is 10.1. The molecule has 31 heavy (non-hydrogen) atoms. The van der Waals surface area contributed by atoms with Crippen molar-refractivity contribution in [2.45, 2.75) is 24.8 Å². The molecule has 1 aromatic carbocycles. The summed E-state index contributed by atoms with van der Waals surface area (Å²) >= 11 is 3.37. The molecule has 0 atom stereocenters. The Bertz CT molecular complexity index is 1170. The molecule has 158 valence electrons. The van der Waals surface area contributed by atoms with Crippen LogP contribution in [0.2, 0.25) is 0 Å². The van der Waals surface area contributed by atoms with Crippen LogP contribution in [0.1, 0.15) is 17.0 Å². The first-order chi connectivity index (χ1) is 15.1. The Morgan fingerprint density at radius 1 is 0.903 bits per heavy atom. The Morgan fingerprint density at radius 2 is 1.68 bits per heavy atom. The minimum atomic E-state index is 0.712. The maximum Gasteiger partial charge on any atom is 0.188 e. The highest BCUT2D eigenvalue weighted by Gasteiger charge is 2.16. The highest BCUT2D eigenvalue weighted by molar-refractivity contribution is 7.98. The second-order valence-corrected chi connectivity index (χ2v) is 8.97. The van der Waals surface area contributed by atoms with Crippen molar-refractivity contribution < 1.29 is 9.47 Å². The normalized spacial score (nSPS) is 10.8. The summed E-state index contributed by atoms with van der Waals surface area (Å²) in [4.78, 5) is 16.0. The van der Waals surface area contributed by atoms with E-state index < -0.39 is 0 Å². The van der Waals surface area contributed by atoms with Crippen molar-refractivity contribution in [1.82, 2.24) is 15.0 Å². The van der Waals surface area contributed by atoms with E-state index in [1.165, 1.54) is 10.4 Å². The summed E-state index contributed by atoms with van der Waals surface area (Å²) in [5.74, 6) is 2.19. The molecule has 0 saturated heterocycles. The minimum Gasteiger partial charge on any atom is -0.493 e. The molecule has 4 aromatic rings. The van der Waals surface area contributed by atoms with Gasteiger partial charge in [0, 0.05) is 28.2 Å². The van der Waals surface area contributed by atoms with Gasteiger partial charge in [-0.25, -0.2) is 9.97 Å². The Hall–Kier alpha value is -2.90. The van der Waals surface area contributed by atoms with Gasteiger partial charge in [-0.05, 0) is 67.4 Å². The van der Waals surface area contributed by atoms with Gasteiger partial charge in [-0.15, -0.1) is 11.3 Å². The topological polar surface area (TPSA) is 57.1 Å². The molecule has 0 bridgehead atoms. The van der Waals surface area contributed by atoms with Gasteiger partial charge in [0.1, 0.15) is 0 Å². The minimum absolute atomic E-state index is 0.712. The Kier molecular flexibility index (Phi) is 6.53. The van der Waals surface area contributed by atoms with Crippen LogP contribution < -0.4 is 9.47 Å². The molecular weight excluding hydrogens is 426 g/mol. The zero-order chi connectivity index (χ0) is 21.8. The van der Waals surface area contributed by atoms with Crippen molar-refractivity contribution in [3.05, 3.63) is 71.7 Å². The van der Waals surface area contributed by atoms with Crippen molar-refractivity contribution in [1.29, 1.82) is 0 Å². The van der Waals surface area contributed by atoms with Crippen LogP contribution in [0.15, 0.2) is 59.9 Å². The van der Waals surface area contributed by atoms with Crippen molar-refractivity contribution in [3.8, 4) is 32.5 Å². The molecule has 0 aliphatic heterocycles. The van der Waals surface area contributed by atoms with Gasteiger partial charge >= 0.3 is 0 Å². The third-order valence-corrected chi connectivity index (χ3v) is 6.84. The third kappa shape index (κ3) is 4.89. The fourth-order valence-corrected chi connectivity index (χ4v) is 5.47. The first-order valence-corrected chi connectivity index (χ1v) is 11.6. The smallest absolute Gasteiger partial charge is 0.188 e. The van der Waals surface area contributed by atoms with Crippen LogP contribution in [0.25, 0.3) is 21.0 Å². The fourth-order valence-electron chi connectivity index (χ4n) is 3.29. The molecule has 0 radical (unpaired) electrons. The van der Waals surface area contributed by atoms with Gasteiger partial charge in [-0.3, -0.25) is 4.98 Å². The van der Waals surface area contributed by atoms with Gasteiger partial charge in [0.15, 0.2) is 16.7 Å². The first kappa shape index (κ1) is 21.3. The molecule has 0 aliphatic rings. The predicted octanol–water partition coefficient (Wildman–Crippen LogP) is 6.19. The molecule has 3 heterocycles. The van der Waals surface area contributed by atoms with E-state index in [4.69, 9.17) is 9.47 Å². The van der Waals surface area contributed by atoms with Crippen LogP contribution in [-0.4, -0.2) is 29.2 Å². The van der Waals surface area contributed by atoms with E-state index in [2.05, 4.69) is 27.1 Å². The standard InChI is InChI=1S/C24H23N3O2S2/c1-15-11-16(2)27-24(26-15)30-14-18-13-22(19-7-5-6-10-25-19)31-23(18)17-8-9-20(28-3)21(12-17)29-4/h5-13H,14H2,1-4H3. The number of benzene rings is 1. The molecule has 4 rings (SSSR count). The summed E-state index contributed by atoms with van der Waals surface area (Å²) in [6.45, 7) is 4.00. The molecule has 3 aromatic heterocycles. The van der Waals surface area contributed by atoms with Gasteiger partial charge in [-0.1, -0.05) is 17.8 Å². The molecule has 7 heteroatoms. The van der Waals surface area contributed by atoms with Gasteiger partial charge in [0.25, 0.3) is 0 Å². The van der Waals surface area contributed by atoms with Crippen molar-refractivity contribution in [2.75, 3.05) is 14.2 Å². The average Bonchev–Trinajstić information content (AvgIpc) is 3.21. The summed E-state index contributed by atoms with van der Waals surface area (Å²) in [5.41, 5.74) is 5.23. The molecular formula is C24H23N3O2S2. The van der Waals surface area contributed by atoms with E-state index in [-0.39, 0.29) is 0 Å². The molecule has 0 N–H and O–H groups in total. The zero-order valence-corrected chi connectivity index (χ0v) is 19.5. The number of methoxy groups -OCH3 is 2. The van der Waals surface area contributed by atoms with Crippen molar-refractivity contribution in [3.63, 3.8) is 0 Å². The number of pyridine rings is 1. The summed E-state index contributed by atoms with van der Waals surface area (Å²) < 4.78 is 10.9. The van der Waals surface area contributed by atoms with Crippen LogP contribution in [0, 0.1) is 13.8 Å². The van der Waals surface area contributed by atoms with Gasteiger partial charge in [-0.2, -0.15) is 0 Å². The number of aromatic nitrogens is 3. The molecule has 0 unspecified atom stereocenters. The fraction of sp³-hybridized carbons (Fsp3) is 0.208. The lowest BCUT2D eigenvalue weighted by Crippen LogP contribution is -1.93. The Morgan fingerprint density at radius 3 is 2.35 bits per heavy atom. The van der Waals surface area contributed by atoms with Crippen LogP contribution >= 0.6 is 23.1 Å². The number of hydrogen-bond acceptors (Lipinski definition) is 7. The highest BCUT2D eigenvalue weighted by atomic mass is 32.2. The Balaban J connectivity index is 1.73. The average molecular weight is 450 g/mol. The maximum atomic E-state index is 5.53. The van der Waals surface area contributed by atoms with E-state index in [9.17, 15) is 0 Å². The van der Waals surface area contributed by atoms with E-state index >= 15 is 0 Å². The number of rotatable bonds is 7. The Labute approximate surface area is 190 Å². The quantitative estimate of drug-likeness (QED) is 0.248. The molecule has 0 spiro atoms. The zero-order valence-electron chi connectivity index (χ0n) is 17.9. The van der Waals surface area contributed by atoms with E-state index in [1.54, 1.807) is 37.3 Å². The third-order valence-electron chi connectivity index (χ3n) is 4.69.